The summed E-state index contributed by atoms with van der Waals surface area (Å²) >= 11 is 0. The SMILES string of the molecule is O=C(Cc1ccccc1)NC(NC(=O)Cc1ccccc1)c1ccc(OCc2ccccc2)cc1. The second-order valence-corrected chi connectivity index (χ2v) is 8.24. The molecule has 0 aliphatic rings. The molecule has 0 heterocycles. The molecule has 176 valence electrons. The van der Waals surface area contributed by atoms with Crippen LogP contribution in [0.25, 0.3) is 0 Å². The fraction of sp³-hybridized carbons (Fsp3) is 0.133. The molecule has 4 rings (SSSR count). The van der Waals surface area contributed by atoms with Gasteiger partial charge in [-0.1, -0.05) is 103 Å². The van der Waals surface area contributed by atoms with Crippen molar-refractivity contribution in [1.82, 2.24) is 10.6 Å². The molecule has 0 aromatic heterocycles. The number of benzene rings is 4. The topological polar surface area (TPSA) is 67.4 Å². The first-order valence-electron chi connectivity index (χ1n) is 11.6. The molecule has 2 N–H and O–H groups in total. The number of ether oxygens (including phenoxy) is 1. The number of nitrogens with one attached hydrogen (secondary N) is 2. The average molecular weight is 465 g/mol. The minimum atomic E-state index is -0.661. The van der Waals surface area contributed by atoms with Crippen molar-refractivity contribution in [3.8, 4) is 5.75 Å². The first kappa shape index (κ1) is 23.8. The smallest absolute Gasteiger partial charge is 0.226 e. The quantitative estimate of drug-likeness (QED) is 0.325. The summed E-state index contributed by atoms with van der Waals surface area (Å²) in [7, 11) is 0. The van der Waals surface area contributed by atoms with Crippen LogP contribution in [0.15, 0.2) is 115 Å². The molecule has 5 heteroatoms. The number of hydrogen-bond acceptors (Lipinski definition) is 3. The molecule has 0 spiro atoms. The van der Waals surface area contributed by atoms with Crippen molar-refractivity contribution in [2.75, 3.05) is 0 Å². The molecule has 2 amide bonds. The third kappa shape index (κ3) is 7.57. The van der Waals surface area contributed by atoms with E-state index in [1.807, 2.05) is 115 Å². The molecule has 0 atom stereocenters. The zero-order chi connectivity index (χ0) is 24.3. The van der Waals surface area contributed by atoms with Crippen LogP contribution < -0.4 is 15.4 Å². The summed E-state index contributed by atoms with van der Waals surface area (Å²) in [6.07, 6.45) is -0.209. The Bertz CT molecular complexity index is 1160. The van der Waals surface area contributed by atoms with Crippen molar-refractivity contribution >= 4 is 11.8 Å². The Kier molecular flexibility index (Phi) is 8.28. The highest BCUT2D eigenvalue weighted by atomic mass is 16.5. The molecule has 35 heavy (non-hydrogen) atoms. The van der Waals surface area contributed by atoms with Gasteiger partial charge in [-0.15, -0.1) is 0 Å². The maximum atomic E-state index is 12.8. The zero-order valence-corrected chi connectivity index (χ0v) is 19.4. The molecule has 0 saturated carbocycles. The van der Waals surface area contributed by atoms with E-state index in [1.165, 1.54) is 0 Å². The Balaban J connectivity index is 1.44. The van der Waals surface area contributed by atoms with E-state index in [9.17, 15) is 9.59 Å². The van der Waals surface area contributed by atoms with Crippen LogP contribution >= 0.6 is 0 Å². The van der Waals surface area contributed by atoms with E-state index >= 15 is 0 Å². The van der Waals surface area contributed by atoms with Crippen molar-refractivity contribution in [3.63, 3.8) is 0 Å². The standard InChI is InChI=1S/C30H28N2O3/c33-28(20-23-10-4-1-5-11-23)31-30(32-29(34)21-24-12-6-2-7-13-24)26-16-18-27(19-17-26)35-22-25-14-8-3-9-15-25/h1-19,30H,20-22H2,(H,31,33)(H,32,34). The van der Waals surface area contributed by atoms with E-state index in [1.54, 1.807) is 0 Å². The van der Waals surface area contributed by atoms with Crippen LogP contribution in [0.2, 0.25) is 0 Å². The van der Waals surface area contributed by atoms with Crippen LogP contribution in [-0.2, 0) is 29.0 Å². The molecule has 5 nitrogen and oxygen atoms in total. The van der Waals surface area contributed by atoms with E-state index in [0.29, 0.717) is 12.4 Å². The predicted octanol–water partition coefficient (Wildman–Crippen LogP) is 4.98. The minimum absolute atomic E-state index is 0.175. The molecule has 0 saturated heterocycles. The van der Waals surface area contributed by atoms with Gasteiger partial charge in [-0.05, 0) is 34.4 Å². The van der Waals surface area contributed by atoms with E-state index in [-0.39, 0.29) is 24.7 Å². The largest absolute Gasteiger partial charge is 0.489 e. The summed E-state index contributed by atoms with van der Waals surface area (Å²) in [6, 6.07) is 36.4. The highest BCUT2D eigenvalue weighted by Gasteiger charge is 2.18. The number of rotatable bonds is 10. The van der Waals surface area contributed by atoms with Crippen molar-refractivity contribution in [2.45, 2.75) is 25.6 Å². The predicted molar refractivity (Wildman–Crippen MR) is 137 cm³/mol. The van der Waals surface area contributed by atoms with Gasteiger partial charge in [0.05, 0.1) is 12.8 Å². The lowest BCUT2D eigenvalue weighted by atomic mass is 10.1. The summed E-state index contributed by atoms with van der Waals surface area (Å²) in [5.41, 5.74) is 3.66. The van der Waals surface area contributed by atoms with Gasteiger partial charge in [-0.2, -0.15) is 0 Å². The van der Waals surface area contributed by atoms with Gasteiger partial charge in [-0.25, -0.2) is 0 Å². The maximum Gasteiger partial charge on any atom is 0.226 e. The van der Waals surface area contributed by atoms with Crippen LogP contribution in [0.5, 0.6) is 5.75 Å². The fourth-order valence-electron chi connectivity index (χ4n) is 3.69. The number of carbonyl (C=O) groups excluding carboxylic acids is 2. The molecular weight excluding hydrogens is 436 g/mol. The van der Waals surface area contributed by atoms with Gasteiger partial charge in [0, 0.05) is 0 Å². The lowest BCUT2D eigenvalue weighted by molar-refractivity contribution is -0.123. The van der Waals surface area contributed by atoms with E-state index < -0.39 is 6.17 Å². The van der Waals surface area contributed by atoms with Gasteiger partial charge in [0.15, 0.2) is 0 Å². The lowest BCUT2D eigenvalue weighted by Crippen LogP contribution is -2.42. The summed E-state index contributed by atoms with van der Waals surface area (Å²) in [4.78, 5) is 25.6. The highest BCUT2D eigenvalue weighted by Crippen LogP contribution is 2.18. The molecule has 0 unspecified atom stereocenters. The number of carbonyl (C=O) groups is 2. The van der Waals surface area contributed by atoms with Crippen molar-refractivity contribution < 1.29 is 14.3 Å². The third-order valence-electron chi connectivity index (χ3n) is 5.49. The van der Waals surface area contributed by atoms with Gasteiger partial charge in [0.25, 0.3) is 0 Å². The van der Waals surface area contributed by atoms with Crippen LogP contribution in [0.3, 0.4) is 0 Å². The Hall–Kier alpha value is -4.38. The Morgan fingerprint density at radius 3 is 1.46 bits per heavy atom. The molecule has 0 aliphatic heterocycles. The molecule has 0 radical (unpaired) electrons. The Morgan fingerprint density at radius 2 is 1.00 bits per heavy atom. The summed E-state index contributed by atoms with van der Waals surface area (Å²) < 4.78 is 5.87. The van der Waals surface area contributed by atoms with E-state index in [0.717, 1.165) is 22.3 Å². The van der Waals surface area contributed by atoms with Crippen LogP contribution in [0, 0.1) is 0 Å². The van der Waals surface area contributed by atoms with Crippen molar-refractivity contribution in [1.29, 1.82) is 0 Å². The zero-order valence-electron chi connectivity index (χ0n) is 19.4. The first-order valence-corrected chi connectivity index (χ1v) is 11.6. The van der Waals surface area contributed by atoms with E-state index in [2.05, 4.69) is 10.6 Å². The van der Waals surface area contributed by atoms with Crippen molar-refractivity contribution in [2.24, 2.45) is 0 Å². The highest BCUT2D eigenvalue weighted by molar-refractivity contribution is 5.82. The second-order valence-electron chi connectivity index (χ2n) is 8.24. The van der Waals surface area contributed by atoms with Gasteiger partial charge >= 0.3 is 0 Å². The Morgan fingerprint density at radius 1 is 0.571 bits per heavy atom. The monoisotopic (exact) mass is 464 g/mol. The summed E-state index contributed by atoms with van der Waals surface area (Å²) in [5, 5.41) is 5.93. The van der Waals surface area contributed by atoms with Gasteiger partial charge in [0.2, 0.25) is 11.8 Å². The molecule has 0 aliphatic carbocycles. The summed E-state index contributed by atoms with van der Waals surface area (Å²) in [6.45, 7) is 0.464. The molecule has 0 bridgehead atoms. The second kappa shape index (κ2) is 12.2. The first-order chi connectivity index (χ1) is 17.2. The van der Waals surface area contributed by atoms with Crippen LogP contribution in [0.1, 0.15) is 28.4 Å². The Labute approximate surface area is 205 Å². The van der Waals surface area contributed by atoms with Crippen molar-refractivity contribution in [3.05, 3.63) is 138 Å². The van der Waals surface area contributed by atoms with Crippen LogP contribution in [0.4, 0.5) is 0 Å². The lowest BCUT2D eigenvalue weighted by Gasteiger charge is -2.21. The van der Waals surface area contributed by atoms with Gasteiger partial charge in [0.1, 0.15) is 18.5 Å². The minimum Gasteiger partial charge on any atom is -0.489 e. The maximum absolute atomic E-state index is 12.8. The number of amides is 2. The number of hydrogen-bond donors (Lipinski definition) is 2. The molecular formula is C30H28N2O3. The van der Waals surface area contributed by atoms with Gasteiger partial charge < -0.3 is 15.4 Å². The van der Waals surface area contributed by atoms with E-state index in [4.69, 9.17) is 4.74 Å². The molecule has 4 aromatic carbocycles. The fourth-order valence-corrected chi connectivity index (χ4v) is 3.69. The average Bonchev–Trinajstić information content (AvgIpc) is 2.89. The molecule has 4 aromatic rings. The van der Waals surface area contributed by atoms with Crippen LogP contribution in [-0.4, -0.2) is 11.8 Å². The molecule has 0 fully saturated rings. The van der Waals surface area contributed by atoms with Gasteiger partial charge in [-0.3, -0.25) is 9.59 Å². The third-order valence-corrected chi connectivity index (χ3v) is 5.49. The summed E-state index contributed by atoms with van der Waals surface area (Å²) in [5.74, 6) is 0.360. The normalized spacial score (nSPS) is 10.5.